The maximum atomic E-state index is 8.96. The molecule has 0 aliphatic heterocycles. The van der Waals surface area contributed by atoms with Gasteiger partial charge in [-0.05, 0) is 158 Å². The first-order chi connectivity index (χ1) is 30.0. The Morgan fingerprint density at radius 2 is 1.30 bits per heavy atom. The minimum absolute atomic E-state index is 0.0378. The molecule has 5 aromatic carbocycles. The molecule has 5 nitrogen and oxygen atoms in total. The molecular weight excluding hydrogens is 699 g/mol. The lowest BCUT2D eigenvalue weighted by Gasteiger charge is -2.17. The van der Waals surface area contributed by atoms with Crippen molar-refractivity contribution in [3.8, 4) is 67.4 Å². The van der Waals surface area contributed by atoms with Crippen LogP contribution in [0.25, 0.3) is 78.0 Å². The molecule has 4 aromatic heterocycles. The van der Waals surface area contributed by atoms with Gasteiger partial charge in [0.15, 0.2) is 0 Å². The second-order valence-electron chi connectivity index (χ2n) is 14.8. The minimum atomic E-state index is -2.61. The Labute approximate surface area is 342 Å². The number of hydrogen-bond acceptors (Lipinski definition) is 5. The van der Waals surface area contributed by atoms with E-state index in [1.165, 1.54) is 6.07 Å². The molecule has 5 heteroatoms. The van der Waals surface area contributed by atoms with Crippen molar-refractivity contribution in [1.82, 2.24) is 15.0 Å². The molecule has 0 aliphatic carbocycles. The maximum Gasteiger partial charge on any atom is 0.227 e. The van der Waals surface area contributed by atoms with Gasteiger partial charge < -0.3 is 9.15 Å². The number of fused-ring (bicyclic) bond motifs is 3. The molecule has 57 heavy (non-hydrogen) atoms. The van der Waals surface area contributed by atoms with Crippen LogP contribution in [0.1, 0.15) is 47.3 Å². The Bertz CT molecular complexity index is 3230. The molecule has 0 amide bonds. The van der Waals surface area contributed by atoms with Gasteiger partial charge in [-0.3, -0.25) is 9.97 Å². The predicted octanol–water partition coefficient (Wildman–Crippen LogP) is 14.1. The summed E-state index contributed by atoms with van der Waals surface area (Å²) in [5, 5.41) is 1.16. The molecule has 4 heterocycles. The number of aromatic nitrogens is 3. The molecule has 0 bridgehead atoms. The summed E-state index contributed by atoms with van der Waals surface area (Å²) in [6.07, 6.45) is 3.63. The number of ether oxygens (including phenoxy) is 1. The third-order valence-electron chi connectivity index (χ3n) is 10.8. The van der Waals surface area contributed by atoms with E-state index in [4.69, 9.17) is 27.3 Å². The molecule has 9 rings (SSSR count). The fraction of sp³-hybridized carbons (Fsp3) is 0.135. The first-order valence-corrected chi connectivity index (χ1v) is 18.9. The molecule has 0 spiro atoms. The van der Waals surface area contributed by atoms with Crippen LogP contribution in [0.2, 0.25) is 0 Å². The average molecular weight is 748 g/mol. The zero-order valence-electron chi connectivity index (χ0n) is 38.4. The van der Waals surface area contributed by atoms with Crippen LogP contribution in [-0.4, -0.2) is 15.0 Å². The van der Waals surface area contributed by atoms with Crippen LogP contribution < -0.4 is 4.74 Å². The zero-order valence-corrected chi connectivity index (χ0v) is 32.4. The van der Waals surface area contributed by atoms with Crippen molar-refractivity contribution in [3.63, 3.8) is 0 Å². The summed E-state index contributed by atoms with van der Waals surface area (Å²) >= 11 is 0. The predicted molar refractivity (Wildman–Crippen MR) is 234 cm³/mol. The number of aryl methyl sites for hydroxylation is 6. The maximum absolute atomic E-state index is 8.96. The summed E-state index contributed by atoms with van der Waals surface area (Å²) in [4.78, 5) is 14.1. The first kappa shape index (κ1) is 29.4. The van der Waals surface area contributed by atoms with E-state index in [0.29, 0.717) is 55.7 Å². The number of nitrogens with zero attached hydrogens (tertiary/aromatic N) is 3. The van der Waals surface area contributed by atoms with Gasteiger partial charge in [-0.15, -0.1) is 0 Å². The van der Waals surface area contributed by atoms with E-state index in [9.17, 15) is 0 Å². The lowest BCUT2D eigenvalue weighted by molar-refractivity contribution is 0.480. The van der Waals surface area contributed by atoms with Crippen molar-refractivity contribution in [2.24, 2.45) is 0 Å². The van der Waals surface area contributed by atoms with Crippen molar-refractivity contribution in [2.75, 3.05) is 0 Å². The lowest BCUT2D eigenvalue weighted by atomic mass is 9.94. The summed E-state index contributed by atoms with van der Waals surface area (Å²) in [6.45, 7) is 5.11. The van der Waals surface area contributed by atoms with E-state index >= 15 is 0 Å². The van der Waals surface area contributed by atoms with Crippen molar-refractivity contribution in [3.05, 3.63) is 173 Å². The van der Waals surface area contributed by atoms with Gasteiger partial charge in [-0.1, -0.05) is 78.4 Å². The van der Waals surface area contributed by atoms with Crippen LogP contribution in [-0.2, 0) is 0 Å². The Morgan fingerprint density at radius 1 is 0.526 bits per heavy atom. The number of rotatable bonds is 7. The highest BCUT2D eigenvalue weighted by atomic mass is 16.5. The van der Waals surface area contributed by atoms with Gasteiger partial charge in [0.05, 0.1) is 11.4 Å². The summed E-state index contributed by atoms with van der Waals surface area (Å²) in [6, 6.07) is 38.5. The molecule has 9 aromatic rings. The molecule has 0 saturated carbocycles. The molecule has 0 aliphatic rings. The standard InChI is InChI=1S/C52H43N3O2/c1-30-13-19-42(32(3)21-30)44-27-49(54-29-34(44)5)47-26-41(25-46-43-20-14-35(6)55-52(43)57-51(46)47)56-50-24-40(48-22-31(2)33(4)28-53-48)23-45(36(50)7)39-17-15-38(16-18-39)37-11-9-8-10-12-37/h8-29H,1-7H3/i6D3,7D3. The summed E-state index contributed by atoms with van der Waals surface area (Å²) in [5.74, 6) is 0.444. The zero-order chi connectivity index (χ0) is 44.4. The molecule has 0 saturated heterocycles. The van der Waals surface area contributed by atoms with E-state index in [0.717, 1.165) is 50.1 Å². The average Bonchev–Trinajstić information content (AvgIpc) is 3.62. The van der Waals surface area contributed by atoms with E-state index < -0.39 is 13.7 Å². The van der Waals surface area contributed by atoms with Gasteiger partial charge >= 0.3 is 0 Å². The lowest BCUT2D eigenvalue weighted by Crippen LogP contribution is -1.96. The first-order valence-electron chi connectivity index (χ1n) is 21.9. The summed E-state index contributed by atoms with van der Waals surface area (Å²) in [5.41, 5.74) is 13.6. The molecule has 0 atom stereocenters. The Morgan fingerprint density at radius 3 is 2.07 bits per heavy atom. The van der Waals surface area contributed by atoms with Crippen LogP contribution in [0.3, 0.4) is 0 Å². The molecule has 0 unspecified atom stereocenters. The van der Waals surface area contributed by atoms with Crippen molar-refractivity contribution in [1.29, 1.82) is 0 Å². The topological polar surface area (TPSA) is 61.0 Å². The number of furan rings is 1. The normalized spacial score (nSPS) is 13.4. The highest BCUT2D eigenvalue weighted by Crippen LogP contribution is 2.43. The number of pyridine rings is 3. The van der Waals surface area contributed by atoms with E-state index in [2.05, 4.69) is 37.0 Å². The van der Waals surface area contributed by atoms with Gasteiger partial charge in [-0.2, -0.15) is 0 Å². The minimum Gasteiger partial charge on any atom is -0.457 e. The van der Waals surface area contributed by atoms with Gasteiger partial charge in [0.2, 0.25) is 5.71 Å². The Balaban J connectivity index is 1.28. The smallest absolute Gasteiger partial charge is 0.227 e. The fourth-order valence-corrected chi connectivity index (χ4v) is 7.51. The Hall–Kier alpha value is -6.85. The largest absolute Gasteiger partial charge is 0.457 e. The van der Waals surface area contributed by atoms with Crippen molar-refractivity contribution >= 4 is 22.1 Å². The molecular formula is C52H43N3O2. The van der Waals surface area contributed by atoms with Gasteiger partial charge in [0.1, 0.15) is 17.1 Å². The fourth-order valence-electron chi connectivity index (χ4n) is 7.51. The van der Waals surface area contributed by atoms with E-state index in [1.54, 1.807) is 24.3 Å². The van der Waals surface area contributed by atoms with Gasteiger partial charge in [0.25, 0.3) is 0 Å². The quantitative estimate of drug-likeness (QED) is 0.162. The molecule has 0 fully saturated rings. The number of benzene rings is 5. The van der Waals surface area contributed by atoms with Gasteiger partial charge in [-0.25, -0.2) is 4.98 Å². The second-order valence-corrected chi connectivity index (χ2v) is 14.8. The van der Waals surface area contributed by atoms with E-state index in [-0.39, 0.29) is 22.7 Å². The van der Waals surface area contributed by atoms with Crippen molar-refractivity contribution in [2.45, 2.75) is 48.3 Å². The molecule has 278 valence electrons. The highest BCUT2D eigenvalue weighted by Gasteiger charge is 2.20. The monoisotopic (exact) mass is 747 g/mol. The summed E-state index contributed by atoms with van der Waals surface area (Å²) in [7, 11) is 0. The Kier molecular flexibility index (Phi) is 7.40. The highest BCUT2D eigenvalue weighted by molar-refractivity contribution is 6.09. The SMILES string of the molecule is [2H]C([2H])([2H])c1ccc2c(n1)oc1c(-c3cc(-c4ccc(C)cc4C)c(C)cn3)cc(Oc3cc(-c4cc(C)c(C)cn4)cc(-c4ccc(-c5ccccc5)cc4)c3C([2H])([2H])[2H])cc12. The summed E-state index contributed by atoms with van der Waals surface area (Å²) < 4.78 is 64.3. The molecule has 0 radical (unpaired) electrons. The third kappa shape index (κ3) is 6.76. The van der Waals surface area contributed by atoms with Crippen LogP contribution in [0.15, 0.2) is 138 Å². The number of hydrogen-bond donors (Lipinski definition) is 0. The van der Waals surface area contributed by atoms with Crippen LogP contribution >= 0.6 is 0 Å². The third-order valence-corrected chi connectivity index (χ3v) is 10.8. The molecule has 0 N–H and O–H groups in total. The van der Waals surface area contributed by atoms with Crippen molar-refractivity contribution < 1.29 is 17.4 Å². The van der Waals surface area contributed by atoms with E-state index in [1.807, 2.05) is 106 Å². The van der Waals surface area contributed by atoms with Crippen LogP contribution in [0.4, 0.5) is 0 Å². The van der Waals surface area contributed by atoms with Crippen LogP contribution in [0.5, 0.6) is 11.5 Å². The van der Waals surface area contributed by atoms with Gasteiger partial charge in [0, 0.05) is 48.2 Å². The second kappa shape index (κ2) is 14.3. The van der Waals surface area contributed by atoms with Crippen LogP contribution in [0, 0.1) is 48.3 Å².